The van der Waals surface area contributed by atoms with E-state index in [0.29, 0.717) is 22.4 Å². The predicted molar refractivity (Wildman–Crippen MR) is 146 cm³/mol. The lowest BCUT2D eigenvalue weighted by Crippen LogP contribution is -1.95. The molecule has 0 fully saturated rings. The number of thiazole rings is 1. The van der Waals surface area contributed by atoms with Crippen molar-refractivity contribution in [1.82, 2.24) is 24.9 Å². The minimum absolute atomic E-state index is 0.598. The zero-order valence-corrected chi connectivity index (χ0v) is 21.1. The molecule has 0 spiro atoms. The van der Waals surface area contributed by atoms with Crippen LogP contribution in [-0.4, -0.2) is 24.9 Å². The van der Waals surface area contributed by atoms with Gasteiger partial charge in [-0.05, 0) is 64.5 Å². The molecule has 0 saturated carbocycles. The van der Waals surface area contributed by atoms with Gasteiger partial charge in [0.15, 0.2) is 5.13 Å². The highest BCUT2D eigenvalue weighted by atomic mass is 79.9. The summed E-state index contributed by atoms with van der Waals surface area (Å²) in [5.41, 5.74) is 3.24. The van der Waals surface area contributed by atoms with E-state index in [1.54, 1.807) is 24.8 Å². The minimum Gasteiger partial charge on any atom is -0.455 e. The van der Waals surface area contributed by atoms with Crippen LogP contribution in [0.15, 0.2) is 102 Å². The third-order valence-corrected chi connectivity index (χ3v) is 6.90. The van der Waals surface area contributed by atoms with Crippen molar-refractivity contribution in [3.05, 3.63) is 102 Å². The first-order valence-electron chi connectivity index (χ1n) is 11.0. The molecule has 5 aromatic heterocycles. The van der Waals surface area contributed by atoms with Crippen LogP contribution in [0.4, 0.5) is 10.9 Å². The highest BCUT2D eigenvalue weighted by molar-refractivity contribution is 9.10. The molecule has 0 aliphatic carbocycles. The molecule has 36 heavy (non-hydrogen) atoms. The Labute approximate surface area is 219 Å². The van der Waals surface area contributed by atoms with Crippen LogP contribution in [0.2, 0.25) is 0 Å². The summed E-state index contributed by atoms with van der Waals surface area (Å²) in [5.74, 6) is 1.93. The van der Waals surface area contributed by atoms with Crippen LogP contribution in [0, 0.1) is 0 Å². The number of rotatable bonds is 6. The van der Waals surface area contributed by atoms with E-state index in [1.165, 1.54) is 11.3 Å². The number of benzene rings is 1. The van der Waals surface area contributed by atoms with E-state index >= 15 is 0 Å². The number of hydrogen-bond donors (Lipinski definition) is 1. The van der Waals surface area contributed by atoms with Gasteiger partial charge in [0.1, 0.15) is 23.0 Å². The van der Waals surface area contributed by atoms with Crippen LogP contribution in [0.3, 0.4) is 0 Å². The second kappa shape index (κ2) is 9.80. The van der Waals surface area contributed by atoms with Crippen molar-refractivity contribution in [3.8, 4) is 33.5 Å². The Kier molecular flexibility index (Phi) is 6.06. The number of nitrogens with zero attached hydrogens (tertiary/aromatic N) is 5. The maximum Gasteiger partial charge on any atom is 0.189 e. The van der Waals surface area contributed by atoms with Gasteiger partial charge < -0.3 is 10.1 Å². The zero-order valence-electron chi connectivity index (χ0n) is 18.7. The number of halogens is 1. The lowest BCUT2D eigenvalue weighted by atomic mass is 10.2. The summed E-state index contributed by atoms with van der Waals surface area (Å²) in [5, 5.41) is 4.92. The van der Waals surface area contributed by atoms with E-state index in [-0.39, 0.29) is 0 Å². The van der Waals surface area contributed by atoms with E-state index in [2.05, 4.69) is 41.2 Å². The number of nitrogens with one attached hydrogen (secondary N) is 1. The maximum atomic E-state index is 6.26. The number of anilines is 2. The SMILES string of the molecule is Brc1cnc(Nc2nc(-c3ccccn3)c(-c3ccccn3)s2)cc1Oc1cccc2ncccc12. The largest absolute Gasteiger partial charge is 0.455 e. The zero-order chi connectivity index (χ0) is 24.3. The second-order valence-electron chi connectivity index (χ2n) is 7.68. The fourth-order valence-electron chi connectivity index (χ4n) is 3.68. The number of fused-ring (bicyclic) bond motifs is 1. The van der Waals surface area contributed by atoms with Gasteiger partial charge in [-0.1, -0.05) is 29.5 Å². The molecule has 5 heterocycles. The monoisotopic (exact) mass is 552 g/mol. The summed E-state index contributed by atoms with van der Waals surface area (Å²) in [6, 6.07) is 23.1. The van der Waals surface area contributed by atoms with Gasteiger partial charge in [0.05, 0.1) is 26.3 Å². The van der Waals surface area contributed by atoms with Gasteiger partial charge in [0, 0.05) is 36.2 Å². The van der Waals surface area contributed by atoms with Crippen LogP contribution in [0.5, 0.6) is 11.5 Å². The van der Waals surface area contributed by atoms with Gasteiger partial charge in [-0.25, -0.2) is 9.97 Å². The summed E-state index contributed by atoms with van der Waals surface area (Å²) < 4.78 is 7.00. The van der Waals surface area contributed by atoms with Crippen molar-refractivity contribution in [2.45, 2.75) is 0 Å². The molecule has 9 heteroatoms. The lowest BCUT2D eigenvalue weighted by molar-refractivity contribution is 0.484. The van der Waals surface area contributed by atoms with E-state index in [9.17, 15) is 0 Å². The molecular weight excluding hydrogens is 536 g/mol. The number of aromatic nitrogens is 5. The van der Waals surface area contributed by atoms with Gasteiger partial charge in [-0.3, -0.25) is 15.0 Å². The van der Waals surface area contributed by atoms with E-state index in [1.807, 2.05) is 72.8 Å². The fraction of sp³-hybridized carbons (Fsp3) is 0. The molecule has 0 aliphatic rings. The summed E-state index contributed by atoms with van der Waals surface area (Å²) in [7, 11) is 0. The van der Waals surface area contributed by atoms with E-state index < -0.39 is 0 Å². The average Bonchev–Trinajstić information content (AvgIpc) is 3.35. The third kappa shape index (κ3) is 4.53. The first-order valence-corrected chi connectivity index (χ1v) is 12.6. The van der Waals surface area contributed by atoms with Crippen LogP contribution >= 0.6 is 27.3 Å². The topological polar surface area (TPSA) is 85.7 Å². The molecular formula is C27H17BrN6OS. The molecule has 0 radical (unpaired) electrons. The van der Waals surface area contributed by atoms with Crippen LogP contribution < -0.4 is 10.1 Å². The summed E-state index contributed by atoms with van der Waals surface area (Å²) >= 11 is 5.05. The number of hydrogen-bond acceptors (Lipinski definition) is 8. The van der Waals surface area contributed by atoms with Crippen molar-refractivity contribution < 1.29 is 4.74 Å². The average molecular weight is 553 g/mol. The molecule has 0 unspecified atom stereocenters. The minimum atomic E-state index is 0.598. The summed E-state index contributed by atoms with van der Waals surface area (Å²) in [6.45, 7) is 0. The normalized spacial score (nSPS) is 10.9. The van der Waals surface area contributed by atoms with Crippen molar-refractivity contribution >= 4 is 49.1 Å². The molecule has 6 aromatic rings. The molecule has 174 valence electrons. The Hall–Kier alpha value is -4.21. The Morgan fingerprint density at radius 2 is 1.56 bits per heavy atom. The first kappa shape index (κ1) is 22.3. The van der Waals surface area contributed by atoms with Crippen molar-refractivity contribution in [2.75, 3.05) is 5.32 Å². The second-order valence-corrected chi connectivity index (χ2v) is 9.53. The van der Waals surface area contributed by atoms with Gasteiger partial charge in [-0.2, -0.15) is 0 Å². The Morgan fingerprint density at radius 3 is 2.36 bits per heavy atom. The van der Waals surface area contributed by atoms with Crippen molar-refractivity contribution in [2.24, 2.45) is 0 Å². The molecule has 7 nitrogen and oxygen atoms in total. The molecule has 0 aliphatic heterocycles. The van der Waals surface area contributed by atoms with Crippen LogP contribution in [0.1, 0.15) is 0 Å². The van der Waals surface area contributed by atoms with Crippen LogP contribution in [0.25, 0.3) is 32.9 Å². The molecule has 0 saturated heterocycles. The van der Waals surface area contributed by atoms with Crippen molar-refractivity contribution in [3.63, 3.8) is 0 Å². The molecule has 0 bridgehead atoms. The maximum absolute atomic E-state index is 6.26. The molecule has 0 amide bonds. The highest BCUT2D eigenvalue weighted by Gasteiger charge is 2.18. The highest BCUT2D eigenvalue weighted by Crippen LogP contribution is 2.39. The third-order valence-electron chi connectivity index (χ3n) is 5.31. The fourth-order valence-corrected chi connectivity index (χ4v) is 4.94. The lowest BCUT2D eigenvalue weighted by Gasteiger charge is -2.11. The predicted octanol–water partition coefficient (Wildman–Crippen LogP) is 7.51. The Bertz CT molecular complexity index is 1600. The quantitative estimate of drug-likeness (QED) is 0.229. The smallest absolute Gasteiger partial charge is 0.189 e. The van der Waals surface area contributed by atoms with Gasteiger partial charge in [-0.15, -0.1) is 0 Å². The van der Waals surface area contributed by atoms with Gasteiger partial charge >= 0.3 is 0 Å². The van der Waals surface area contributed by atoms with Crippen molar-refractivity contribution in [1.29, 1.82) is 0 Å². The molecule has 0 atom stereocenters. The van der Waals surface area contributed by atoms with E-state index in [4.69, 9.17) is 9.72 Å². The summed E-state index contributed by atoms with van der Waals surface area (Å²) in [6.07, 6.45) is 7.00. The number of ether oxygens (including phenoxy) is 1. The van der Waals surface area contributed by atoms with Gasteiger partial charge in [0.2, 0.25) is 0 Å². The first-order chi connectivity index (χ1) is 17.7. The van der Waals surface area contributed by atoms with E-state index in [0.717, 1.165) is 37.3 Å². The Morgan fingerprint density at radius 1 is 0.750 bits per heavy atom. The van der Waals surface area contributed by atoms with Gasteiger partial charge in [0.25, 0.3) is 0 Å². The summed E-state index contributed by atoms with van der Waals surface area (Å²) in [4.78, 5) is 23.7. The molecule has 1 aromatic carbocycles. The molecule has 1 N–H and O–H groups in total. The Balaban J connectivity index is 1.34. The standard InChI is InChI=1S/C27H17BrN6OS/c28-18-16-32-24(15-23(18)35-22-11-5-10-19-17(22)7-6-14-29-19)33-27-34-25(20-8-1-3-12-30-20)26(36-27)21-9-2-4-13-31-21/h1-16H,(H,32,33,34). The van der Waals surface area contributed by atoms with Crippen LogP contribution in [-0.2, 0) is 0 Å². The molecule has 6 rings (SSSR count). The number of pyridine rings is 4.